The first-order valence-electron chi connectivity index (χ1n) is 7.22. The minimum Gasteiger partial charge on any atom is -0.378 e. The summed E-state index contributed by atoms with van der Waals surface area (Å²) in [5, 5.41) is 3.59. The van der Waals surface area contributed by atoms with Crippen LogP contribution in [0.3, 0.4) is 0 Å². The van der Waals surface area contributed by atoms with E-state index in [1.165, 1.54) is 5.56 Å². The van der Waals surface area contributed by atoms with Crippen LogP contribution >= 0.6 is 0 Å². The van der Waals surface area contributed by atoms with E-state index < -0.39 is 0 Å². The Morgan fingerprint density at radius 2 is 2.26 bits per heavy atom. The molecule has 106 valence electrons. The van der Waals surface area contributed by atoms with Gasteiger partial charge in [0, 0.05) is 12.0 Å². The Morgan fingerprint density at radius 1 is 1.47 bits per heavy atom. The van der Waals surface area contributed by atoms with Gasteiger partial charge in [-0.3, -0.25) is 0 Å². The lowest BCUT2D eigenvalue weighted by molar-refractivity contribution is 0.117. The van der Waals surface area contributed by atoms with Crippen LogP contribution in [0.25, 0.3) is 0 Å². The van der Waals surface area contributed by atoms with Crippen LogP contribution in [0.4, 0.5) is 4.39 Å². The van der Waals surface area contributed by atoms with E-state index in [1.54, 1.807) is 6.07 Å². The van der Waals surface area contributed by atoms with Gasteiger partial charge < -0.3 is 10.1 Å². The third-order valence-electron chi connectivity index (χ3n) is 3.86. The minimum atomic E-state index is -0.131. The fourth-order valence-electron chi connectivity index (χ4n) is 2.80. The highest BCUT2D eigenvalue weighted by Crippen LogP contribution is 2.32. The van der Waals surface area contributed by atoms with Crippen molar-refractivity contribution in [2.45, 2.75) is 45.8 Å². The quantitative estimate of drug-likeness (QED) is 0.878. The van der Waals surface area contributed by atoms with Crippen molar-refractivity contribution in [3.8, 4) is 0 Å². The van der Waals surface area contributed by atoms with Gasteiger partial charge in [-0.25, -0.2) is 4.39 Å². The highest BCUT2D eigenvalue weighted by Gasteiger charge is 2.30. The maximum atomic E-state index is 13.4. The first kappa shape index (κ1) is 14.5. The second kappa shape index (κ2) is 6.49. The Balaban J connectivity index is 2.18. The standard InChI is InChI=1S/C16H24FNO/c1-4-7-18-16(14-9-12(3)19-10-14)13-5-6-15(17)11(2)8-13/h5-6,8,12,14,16,18H,4,7,9-10H2,1-3H3. The summed E-state index contributed by atoms with van der Waals surface area (Å²) in [6.07, 6.45) is 2.50. The Kier molecular flexibility index (Phi) is 4.94. The van der Waals surface area contributed by atoms with E-state index in [9.17, 15) is 4.39 Å². The van der Waals surface area contributed by atoms with Crippen molar-refractivity contribution in [3.05, 3.63) is 35.1 Å². The maximum absolute atomic E-state index is 13.4. The van der Waals surface area contributed by atoms with Crippen LogP contribution in [-0.2, 0) is 4.74 Å². The van der Waals surface area contributed by atoms with Crippen molar-refractivity contribution in [2.24, 2.45) is 5.92 Å². The smallest absolute Gasteiger partial charge is 0.126 e. The van der Waals surface area contributed by atoms with Crippen LogP contribution in [0.5, 0.6) is 0 Å². The number of nitrogens with one attached hydrogen (secondary N) is 1. The fourth-order valence-corrected chi connectivity index (χ4v) is 2.80. The third kappa shape index (κ3) is 3.54. The van der Waals surface area contributed by atoms with Gasteiger partial charge in [-0.05, 0) is 50.4 Å². The van der Waals surface area contributed by atoms with Crippen LogP contribution < -0.4 is 5.32 Å². The summed E-state index contributed by atoms with van der Waals surface area (Å²) in [7, 11) is 0. The van der Waals surface area contributed by atoms with E-state index in [-0.39, 0.29) is 11.9 Å². The molecule has 1 aliphatic rings. The third-order valence-corrected chi connectivity index (χ3v) is 3.86. The maximum Gasteiger partial charge on any atom is 0.126 e. The van der Waals surface area contributed by atoms with Crippen molar-refractivity contribution in [3.63, 3.8) is 0 Å². The average molecular weight is 265 g/mol. The van der Waals surface area contributed by atoms with Gasteiger partial charge in [0.25, 0.3) is 0 Å². The lowest BCUT2D eigenvalue weighted by Gasteiger charge is -2.25. The summed E-state index contributed by atoms with van der Waals surface area (Å²) >= 11 is 0. The summed E-state index contributed by atoms with van der Waals surface area (Å²) in [6, 6.07) is 5.71. The predicted molar refractivity (Wildman–Crippen MR) is 75.7 cm³/mol. The van der Waals surface area contributed by atoms with E-state index in [0.29, 0.717) is 17.6 Å². The predicted octanol–water partition coefficient (Wildman–Crippen LogP) is 3.60. The molecular weight excluding hydrogens is 241 g/mol. The fraction of sp³-hybridized carbons (Fsp3) is 0.625. The zero-order valence-electron chi connectivity index (χ0n) is 12.1. The van der Waals surface area contributed by atoms with E-state index in [1.807, 2.05) is 19.1 Å². The zero-order valence-corrected chi connectivity index (χ0v) is 12.1. The van der Waals surface area contributed by atoms with Gasteiger partial charge in [0.05, 0.1) is 12.7 Å². The largest absolute Gasteiger partial charge is 0.378 e. The Morgan fingerprint density at radius 3 is 2.84 bits per heavy atom. The van der Waals surface area contributed by atoms with E-state index in [0.717, 1.165) is 26.0 Å². The highest BCUT2D eigenvalue weighted by atomic mass is 19.1. The highest BCUT2D eigenvalue weighted by molar-refractivity contribution is 5.27. The van der Waals surface area contributed by atoms with Gasteiger partial charge in [0.1, 0.15) is 5.82 Å². The molecule has 2 rings (SSSR count). The topological polar surface area (TPSA) is 21.3 Å². The van der Waals surface area contributed by atoms with Crippen molar-refractivity contribution < 1.29 is 9.13 Å². The van der Waals surface area contributed by atoms with E-state index >= 15 is 0 Å². The van der Waals surface area contributed by atoms with Crippen molar-refractivity contribution in [1.29, 1.82) is 0 Å². The number of rotatable bonds is 5. The molecule has 0 aromatic heterocycles. The molecule has 19 heavy (non-hydrogen) atoms. The minimum absolute atomic E-state index is 0.131. The summed E-state index contributed by atoms with van der Waals surface area (Å²) in [6.45, 7) is 7.87. The molecule has 0 saturated carbocycles. The molecular formula is C16H24FNO. The molecule has 3 atom stereocenters. The molecule has 3 heteroatoms. The summed E-state index contributed by atoms with van der Waals surface area (Å²) in [4.78, 5) is 0. The number of hydrogen-bond donors (Lipinski definition) is 1. The van der Waals surface area contributed by atoms with Gasteiger partial charge in [-0.1, -0.05) is 19.1 Å². The zero-order chi connectivity index (χ0) is 13.8. The first-order valence-corrected chi connectivity index (χ1v) is 7.22. The summed E-state index contributed by atoms with van der Waals surface area (Å²) in [5.74, 6) is 0.348. The molecule has 1 aliphatic heterocycles. The molecule has 0 bridgehead atoms. The Bertz CT molecular complexity index is 421. The molecule has 1 fully saturated rings. The monoisotopic (exact) mass is 265 g/mol. The second-order valence-corrected chi connectivity index (χ2v) is 5.58. The molecule has 0 amide bonds. The average Bonchev–Trinajstić information content (AvgIpc) is 2.80. The molecule has 0 aliphatic carbocycles. The normalized spacial score (nSPS) is 24.6. The Hall–Kier alpha value is -0.930. The lowest BCUT2D eigenvalue weighted by atomic mass is 9.90. The van der Waals surface area contributed by atoms with Gasteiger partial charge in [-0.15, -0.1) is 0 Å². The molecule has 1 saturated heterocycles. The molecule has 1 N–H and O–H groups in total. The van der Waals surface area contributed by atoms with Crippen LogP contribution in [0.1, 0.15) is 43.9 Å². The number of benzene rings is 1. The number of ether oxygens (including phenoxy) is 1. The second-order valence-electron chi connectivity index (χ2n) is 5.58. The van der Waals surface area contributed by atoms with Crippen LogP contribution in [-0.4, -0.2) is 19.3 Å². The van der Waals surface area contributed by atoms with Gasteiger partial charge in [0.2, 0.25) is 0 Å². The van der Waals surface area contributed by atoms with Crippen LogP contribution in [0.15, 0.2) is 18.2 Å². The molecule has 0 spiro atoms. The number of hydrogen-bond acceptors (Lipinski definition) is 2. The first-order chi connectivity index (χ1) is 9.11. The SMILES string of the molecule is CCCNC(c1ccc(F)c(C)c1)C1COC(C)C1. The molecule has 1 aromatic carbocycles. The number of aryl methyl sites for hydroxylation is 1. The summed E-state index contributed by atoms with van der Waals surface area (Å²) < 4.78 is 19.1. The summed E-state index contributed by atoms with van der Waals surface area (Å²) in [5.41, 5.74) is 1.89. The van der Waals surface area contributed by atoms with Gasteiger partial charge in [0.15, 0.2) is 0 Å². The van der Waals surface area contributed by atoms with Crippen molar-refractivity contribution >= 4 is 0 Å². The van der Waals surface area contributed by atoms with E-state index in [4.69, 9.17) is 4.74 Å². The van der Waals surface area contributed by atoms with Crippen LogP contribution in [0, 0.1) is 18.7 Å². The van der Waals surface area contributed by atoms with Crippen molar-refractivity contribution in [1.82, 2.24) is 5.32 Å². The molecule has 2 nitrogen and oxygen atoms in total. The van der Waals surface area contributed by atoms with E-state index in [2.05, 4.69) is 19.2 Å². The Labute approximate surface area is 115 Å². The molecule has 3 unspecified atom stereocenters. The lowest BCUT2D eigenvalue weighted by Crippen LogP contribution is -2.29. The molecule has 1 heterocycles. The molecule has 0 radical (unpaired) electrons. The van der Waals surface area contributed by atoms with Crippen LogP contribution in [0.2, 0.25) is 0 Å². The van der Waals surface area contributed by atoms with Gasteiger partial charge in [-0.2, -0.15) is 0 Å². The van der Waals surface area contributed by atoms with Gasteiger partial charge >= 0.3 is 0 Å². The van der Waals surface area contributed by atoms with Crippen molar-refractivity contribution in [2.75, 3.05) is 13.2 Å². The molecule has 1 aromatic rings. The number of halogens is 1.